The van der Waals surface area contributed by atoms with E-state index < -0.39 is 0 Å². The van der Waals surface area contributed by atoms with Crippen LogP contribution in [0.15, 0.2) is 17.8 Å². The Morgan fingerprint density at radius 2 is 2.67 bits per heavy atom. The van der Waals surface area contributed by atoms with Gasteiger partial charge >= 0.3 is 0 Å². The lowest BCUT2D eigenvalue weighted by Gasteiger charge is -2.09. The number of hydrogen-bond acceptors (Lipinski definition) is 2. The first-order valence-corrected chi connectivity index (χ1v) is 3.25. The minimum Gasteiger partial charge on any atom is -0.334 e. The number of halogens is 1. The normalized spacial score (nSPS) is 26.2. The van der Waals surface area contributed by atoms with Crippen LogP contribution in [-0.4, -0.2) is 22.8 Å². The summed E-state index contributed by atoms with van der Waals surface area (Å²) in [5, 5.41) is 0. The van der Waals surface area contributed by atoms with E-state index in [-0.39, 0.29) is 5.50 Å². The zero-order chi connectivity index (χ0) is 6.85. The van der Waals surface area contributed by atoms with Crippen LogP contribution >= 0.6 is 11.6 Å². The van der Waals surface area contributed by atoms with Crippen LogP contribution in [0.1, 0.15) is 6.92 Å². The predicted molar refractivity (Wildman–Crippen MR) is 39.7 cm³/mol. The van der Waals surface area contributed by atoms with Gasteiger partial charge in [-0.2, -0.15) is 0 Å². The van der Waals surface area contributed by atoms with Gasteiger partial charge in [0.1, 0.15) is 11.3 Å². The molecule has 1 unspecified atom stereocenters. The van der Waals surface area contributed by atoms with Gasteiger partial charge in [0.2, 0.25) is 0 Å². The molecule has 0 saturated heterocycles. The van der Waals surface area contributed by atoms with E-state index in [0.29, 0.717) is 0 Å². The van der Waals surface area contributed by atoms with Gasteiger partial charge in [-0.1, -0.05) is 18.2 Å². The molecule has 1 aliphatic heterocycles. The highest BCUT2D eigenvalue weighted by atomic mass is 35.5. The van der Waals surface area contributed by atoms with Crippen molar-refractivity contribution in [2.45, 2.75) is 12.4 Å². The second-order valence-corrected chi connectivity index (χ2v) is 2.45. The second-order valence-electron chi connectivity index (χ2n) is 1.95. The largest absolute Gasteiger partial charge is 0.334 e. The highest BCUT2D eigenvalue weighted by Gasteiger charge is 2.16. The van der Waals surface area contributed by atoms with Crippen LogP contribution in [0.25, 0.3) is 0 Å². The first kappa shape index (κ1) is 6.62. The Hall–Kier alpha value is -0.500. The fourth-order valence-corrected chi connectivity index (χ4v) is 1.11. The molecule has 1 heterocycles. The summed E-state index contributed by atoms with van der Waals surface area (Å²) < 4.78 is 0. The Bertz CT molecular complexity index is 153. The summed E-state index contributed by atoms with van der Waals surface area (Å²) in [7, 11) is 0. The van der Waals surface area contributed by atoms with E-state index in [1.807, 2.05) is 11.8 Å². The molecule has 0 aromatic carbocycles. The molecule has 0 aromatic rings. The molecular formula is C6H9ClN2. The monoisotopic (exact) mass is 144 g/mol. The van der Waals surface area contributed by atoms with E-state index in [1.165, 1.54) is 0 Å². The maximum Gasteiger partial charge on any atom is 0.143 e. The molecule has 1 aliphatic rings. The van der Waals surface area contributed by atoms with Crippen LogP contribution < -0.4 is 0 Å². The molecule has 0 saturated carbocycles. The van der Waals surface area contributed by atoms with Gasteiger partial charge < -0.3 is 4.90 Å². The molecule has 0 amide bonds. The topological polar surface area (TPSA) is 15.6 Å². The van der Waals surface area contributed by atoms with Crippen molar-refractivity contribution in [3.8, 4) is 0 Å². The lowest BCUT2D eigenvalue weighted by molar-refractivity contribution is 0.595. The highest BCUT2D eigenvalue weighted by Crippen LogP contribution is 2.11. The average molecular weight is 145 g/mol. The Kier molecular flexibility index (Phi) is 1.76. The number of nitrogens with zero attached hydrogens (tertiary/aromatic N) is 2. The van der Waals surface area contributed by atoms with E-state index in [9.17, 15) is 0 Å². The maximum atomic E-state index is 5.70. The molecule has 50 valence electrons. The number of aliphatic imine (C=N–C) groups is 1. The van der Waals surface area contributed by atoms with Crippen molar-refractivity contribution >= 4 is 17.4 Å². The predicted octanol–water partition coefficient (Wildman–Crippen LogP) is 1.43. The lowest BCUT2D eigenvalue weighted by Crippen LogP contribution is -2.19. The summed E-state index contributed by atoms with van der Waals surface area (Å²) in [5.41, 5.74) is -0.0806. The smallest absolute Gasteiger partial charge is 0.143 e. The summed E-state index contributed by atoms with van der Waals surface area (Å²) in [4.78, 5) is 6.01. The van der Waals surface area contributed by atoms with Crippen molar-refractivity contribution in [3.05, 3.63) is 12.8 Å². The van der Waals surface area contributed by atoms with Crippen LogP contribution in [0.2, 0.25) is 0 Å². The Labute approximate surface area is 59.8 Å². The summed E-state index contributed by atoms with van der Waals surface area (Å²) in [6.07, 6.45) is 1.74. The van der Waals surface area contributed by atoms with Crippen LogP contribution in [-0.2, 0) is 0 Å². The molecule has 0 aromatic heterocycles. The molecule has 0 bridgehead atoms. The van der Waals surface area contributed by atoms with Crippen LogP contribution in [0.5, 0.6) is 0 Å². The Balaban J connectivity index is 2.64. The molecule has 0 aliphatic carbocycles. The maximum absolute atomic E-state index is 5.70. The van der Waals surface area contributed by atoms with Crippen LogP contribution in [0.3, 0.4) is 0 Å². The minimum absolute atomic E-state index is 0.0806. The quantitative estimate of drug-likeness (QED) is 0.402. The third-order valence-corrected chi connectivity index (χ3v) is 1.55. The zero-order valence-corrected chi connectivity index (χ0v) is 6.10. The van der Waals surface area contributed by atoms with E-state index in [0.717, 1.165) is 12.4 Å². The van der Waals surface area contributed by atoms with E-state index in [2.05, 4.69) is 11.6 Å². The Morgan fingerprint density at radius 3 is 2.89 bits per heavy atom. The molecule has 3 heteroatoms. The standard InChI is InChI=1S/C6H9ClN2/c1-3-9-4-6(7)8-5(9)2/h3,6H,1,4H2,2H3. The highest BCUT2D eigenvalue weighted by molar-refractivity contribution is 6.21. The molecule has 0 radical (unpaired) electrons. The van der Waals surface area contributed by atoms with Crippen molar-refractivity contribution in [1.29, 1.82) is 0 Å². The van der Waals surface area contributed by atoms with Gasteiger partial charge in [0, 0.05) is 0 Å². The van der Waals surface area contributed by atoms with Gasteiger partial charge in [-0.3, -0.25) is 4.99 Å². The first-order chi connectivity index (χ1) is 4.24. The van der Waals surface area contributed by atoms with E-state index in [4.69, 9.17) is 11.6 Å². The number of hydrogen-bond donors (Lipinski definition) is 0. The zero-order valence-electron chi connectivity index (χ0n) is 5.34. The molecule has 1 rings (SSSR count). The summed E-state index contributed by atoms with van der Waals surface area (Å²) in [6, 6.07) is 0. The second kappa shape index (κ2) is 2.40. The van der Waals surface area contributed by atoms with Crippen molar-refractivity contribution < 1.29 is 0 Å². The van der Waals surface area contributed by atoms with E-state index in [1.54, 1.807) is 6.20 Å². The fourth-order valence-electron chi connectivity index (χ4n) is 0.819. The molecule has 0 N–H and O–H groups in total. The van der Waals surface area contributed by atoms with Crippen LogP contribution in [0, 0.1) is 0 Å². The Morgan fingerprint density at radius 1 is 2.00 bits per heavy atom. The molecule has 0 fully saturated rings. The fraction of sp³-hybridized carbons (Fsp3) is 0.500. The summed E-state index contributed by atoms with van der Waals surface area (Å²) in [5.74, 6) is 0.949. The minimum atomic E-state index is -0.0806. The van der Waals surface area contributed by atoms with Gasteiger partial charge in [-0.15, -0.1) is 0 Å². The summed E-state index contributed by atoms with van der Waals surface area (Å²) in [6.45, 7) is 6.30. The molecule has 1 atom stereocenters. The molecule has 2 nitrogen and oxygen atoms in total. The lowest BCUT2D eigenvalue weighted by atomic mass is 10.5. The van der Waals surface area contributed by atoms with Crippen molar-refractivity contribution in [3.63, 3.8) is 0 Å². The number of amidine groups is 1. The van der Waals surface area contributed by atoms with Gasteiger partial charge in [0.15, 0.2) is 0 Å². The van der Waals surface area contributed by atoms with Gasteiger partial charge in [0.25, 0.3) is 0 Å². The summed E-state index contributed by atoms with van der Waals surface area (Å²) >= 11 is 5.70. The molecule has 0 spiro atoms. The van der Waals surface area contributed by atoms with Crippen LogP contribution in [0.4, 0.5) is 0 Å². The van der Waals surface area contributed by atoms with Crippen molar-refractivity contribution in [1.82, 2.24) is 4.90 Å². The SMILES string of the molecule is C=CN1CC(Cl)N=C1C. The number of alkyl halides is 1. The third-order valence-electron chi connectivity index (χ3n) is 1.31. The van der Waals surface area contributed by atoms with Gasteiger partial charge in [-0.25, -0.2) is 0 Å². The van der Waals surface area contributed by atoms with Gasteiger partial charge in [-0.05, 0) is 13.1 Å². The average Bonchev–Trinajstić information content (AvgIpc) is 2.10. The molecule has 9 heavy (non-hydrogen) atoms. The third kappa shape index (κ3) is 1.24. The van der Waals surface area contributed by atoms with Crippen molar-refractivity contribution in [2.75, 3.05) is 6.54 Å². The van der Waals surface area contributed by atoms with Gasteiger partial charge in [0.05, 0.1) is 6.54 Å². The molecular weight excluding hydrogens is 136 g/mol. The van der Waals surface area contributed by atoms with Crippen molar-refractivity contribution in [2.24, 2.45) is 4.99 Å². The first-order valence-electron chi connectivity index (χ1n) is 2.81. The van der Waals surface area contributed by atoms with E-state index >= 15 is 0 Å². The number of rotatable bonds is 1.